The molecule has 2 amide bonds. The minimum atomic E-state index is -1.18. The molecule has 1 aromatic rings. The van der Waals surface area contributed by atoms with Crippen LogP contribution in [-0.4, -0.2) is 56.9 Å². The maximum atomic E-state index is 13.8. The highest BCUT2D eigenvalue weighted by molar-refractivity contribution is 8.49. The summed E-state index contributed by atoms with van der Waals surface area (Å²) < 4.78 is 10.9. The van der Waals surface area contributed by atoms with E-state index in [2.05, 4.69) is 6.07 Å². The van der Waals surface area contributed by atoms with Crippen LogP contribution >= 0.6 is 0 Å². The second kappa shape index (κ2) is 6.26. The summed E-state index contributed by atoms with van der Waals surface area (Å²) in [5.41, 5.74) is -0.444. The monoisotopic (exact) mass is 465 g/mol. The van der Waals surface area contributed by atoms with Gasteiger partial charge >= 0.3 is 0 Å². The number of rotatable bonds is 3. The maximum absolute atomic E-state index is 13.8. The number of aliphatic hydroxyl groups is 1. The van der Waals surface area contributed by atoms with Gasteiger partial charge in [0.25, 0.3) is 11.8 Å². The quantitative estimate of drug-likeness (QED) is 0.696. The van der Waals surface area contributed by atoms with Gasteiger partial charge in [-0.1, -0.05) is 6.07 Å². The third-order valence-electron chi connectivity index (χ3n) is 6.85. The Balaban J connectivity index is 1.78. The van der Waals surface area contributed by atoms with E-state index in [0.717, 1.165) is 8.88 Å². The number of carbonyl (C=O) groups excluding carboxylic acids is 2. The number of likely N-dealkylation sites (N-methyl/N-ethyl adjacent to an activating group) is 1. The number of nitrogens with zero attached hydrogens (tertiary/aromatic N) is 3. The van der Waals surface area contributed by atoms with Crippen molar-refractivity contribution in [1.82, 2.24) is 9.80 Å². The Morgan fingerprint density at radius 2 is 2.10 bits per heavy atom. The first kappa shape index (κ1) is 19.9. The molecule has 5 rings (SSSR count). The summed E-state index contributed by atoms with van der Waals surface area (Å²) in [6, 6.07) is 7.00. The van der Waals surface area contributed by atoms with Crippen molar-refractivity contribution in [2.45, 2.75) is 35.5 Å². The van der Waals surface area contributed by atoms with Gasteiger partial charge in [0.1, 0.15) is 0 Å². The first-order chi connectivity index (χ1) is 14.3. The molecule has 4 aliphatic heterocycles. The minimum Gasteiger partial charge on any atom is -0.454 e. The number of aliphatic hydroxyl groups excluding tert-OH is 1. The zero-order valence-corrected chi connectivity index (χ0v) is 18.7. The summed E-state index contributed by atoms with van der Waals surface area (Å²) in [6.45, 7) is 1.63. The van der Waals surface area contributed by atoms with Gasteiger partial charge in [-0.25, -0.2) is 0 Å². The number of carbonyl (C=O) groups is 2. The number of nitriles is 1. The molecule has 1 aromatic carbocycles. The van der Waals surface area contributed by atoms with Crippen LogP contribution in [0.4, 0.5) is 0 Å². The Hall–Kier alpha value is -2.00. The number of fused-ring (bicyclic) bond motifs is 2. The largest absolute Gasteiger partial charge is 0.454 e. The molecule has 5 atom stereocenters. The fourth-order valence-corrected chi connectivity index (χ4v) is 12.0. The van der Waals surface area contributed by atoms with Crippen molar-refractivity contribution in [2.24, 2.45) is 5.41 Å². The average molecular weight is 466 g/mol. The van der Waals surface area contributed by atoms with Crippen molar-refractivity contribution >= 4 is 41.3 Å². The first-order valence-corrected chi connectivity index (χ1v) is 12.9. The van der Waals surface area contributed by atoms with E-state index in [1.165, 1.54) is 4.90 Å². The van der Waals surface area contributed by atoms with Crippen LogP contribution in [0.5, 0.6) is 11.5 Å². The van der Waals surface area contributed by atoms with Gasteiger partial charge in [-0.15, -0.1) is 0 Å². The molecule has 1 spiro atoms. The lowest BCUT2D eigenvalue weighted by molar-refractivity contribution is -0.159. The SMILES string of the molecule is CN1C(=O)[C@@]23C[C@@](C#N)(CCO)[C@H](c4ccc5c(c4)OCO5)N2C(=O)C1(C)[S@]3=S=S. The predicted molar refractivity (Wildman–Crippen MR) is 113 cm³/mol. The van der Waals surface area contributed by atoms with Gasteiger partial charge in [-0.3, -0.25) is 9.59 Å². The van der Waals surface area contributed by atoms with Gasteiger partial charge in [-0.2, -0.15) is 5.26 Å². The van der Waals surface area contributed by atoms with E-state index in [1.54, 1.807) is 37.1 Å². The molecule has 0 radical (unpaired) electrons. The molecule has 2 bridgehead atoms. The van der Waals surface area contributed by atoms with Gasteiger partial charge < -0.3 is 24.4 Å². The number of piperazine rings is 1. The van der Waals surface area contributed by atoms with E-state index in [1.807, 2.05) is 0 Å². The molecule has 1 N–H and O–H groups in total. The lowest BCUT2D eigenvalue weighted by Gasteiger charge is -2.40. The van der Waals surface area contributed by atoms with Gasteiger partial charge in [0.05, 0.1) is 17.5 Å². The zero-order chi connectivity index (χ0) is 21.5. The number of hydrogen-bond donors (Lipinski definition) is 1. The molecule has 3 saturated heterocycles. The van der Waals surface area contributed by atoms with Crippen LogP contribution < -0.4 is 9.47 Å². The van der Waals surface area contributed by atoms with Crippen molar-refractivity contribution in [3.8, 4) is 17.6 Å². The second-order valence-electron chi connectivity index (χ2n) is 8.08. The molecular weight excluding hydrogens is 446 g/mol. The van der Waals surface area contributed by atoms with Gasteiger partial charge in [0, 0.05) is 20.1 Å². The third-order valence-corrected chi connectivity index (χ3v) is 12.7. The molecular formula is C19H19N3O5S3. The van der Waals surface area contributed by atoms with E-state index in [9.17, 15) is 20.0 Å². The Labute approximate surface area is 183 Å². The molecule has 4 aliphatic rings. The van der Waals surface area contributed by atoms with E-state index < -0.39 is 30.7 Å². The topological polar surface area (TPSA) is 103 Å². The fourth-order valence-electron chi connectivity index (χ4n) is 5.37. The van der Waals surface area contributed by atoms with Crippen LogP contribution in [0.15, 0.2) is 18.2 Å². The summed E-state index contributed by atoms with van der Waals surface area (Å²) in [5, 5.41) is 20.1. The first-order valence-electron chi connectivity index (χ1n) is 9.40. The maximum Gasteiger partial charge on any atom is 0.261 e. The lowest BCUT2D eigenvalue weighted by atomic mass is 9.75. The Morgan fingerprint density at radius 1 is 1.37 bits per heavy atom. The van der Waals surface area contributed by atoms with Crippen LogP contribution in [0.1, 0.15) is 31.4 Å². The van der Waals surface area contributed by atoms with Crippen LogP contribution in [0.2, 0.25) is 0 Å². The molecule has 1 unspecified atom stereocenters. The number of benzene rings is 1. The summed E-state index contributed by atoms with van der Waals surface area (Å²) in [5.74, 6) is 0.732. The minimum absolute atomic E-state index is 0.105. The molecule has 8 nitrogen and oxygen atoms in total. The smallest absolute Gasteiger partial charge is 0.261 e. The van der Waals surface area contributed by atoms with Crippen molar-refractivity contribution in [1.29, 1.82) is 5.26 Å². The molecule has 11 heteroatoms. The van der Waals surface area contributed by atoms with Crippen molar-refractivity contribution in [3.63, 3.8) is 0 Å². The molecule has 4 heterocycles. The third kappa shape index (κ3) is 2.01. The molecule has 3 fully saturated rings. The normalized spacial score (nSPS) is 38.2. The molecule has 30 heavy (non-hydrogen) atoms. The number of amides is 2. The van der Waals surface area contributed by atoms with Crippen molar-refractivity contribution in [3.05, 3.63) is 23.8 Å². The highest BCUT2D eigenvalue weighted by Crippen LogP contribution is 2.66. The fraction of sp³-hybridized carbons (Fsp3) is 0.526. The van der Waals surface area contributed by atoms with Crippen LogP contribution in [0, 0.1) is 16.7 Å². The summed E-state index contributed by atoms with van der Waals surface area (Å²) >= 11 is 5.35. The average Bonchev–Trinajstić information content (AvgIpc) is 3.40. The number of ether oxygens (including phenoxy) is 2. The molecule has 0 saturated carbocycles. The lowest BCUT2D eigenvalue weighted by Crippen LogP contribution is -2.60. The molecule has 158 valence electrons. The van der Waals surface area contributed by atoms with Gasteiger partial charge in [0.15, 0.2) is 21.2 Å². The second-order valence-corrected chi connectivity index (χ2v) is 12.9. The Bertz CT molecular complexity index is 1120. The van der Waals surface area contributed by atoms with Crippen LogP contribution in [-0.2, 0) is 39.1 Å². The summed E-state index contributed by atoms with van der Waals surface area (Å²) in [4.78, 5) is 28.2. The van der Waals surface area contributed by atoms with E-state index >= 15 is 0 Å². The standard InChI is InChI=1S/C19H19N3O5S3/c1-17-15(24)22-14(11-3-4-12-13(7-11)27-10-26-12)18(9-20,5-6-23)8-19(22,30(17)29-28)16(25)21(17)2/h3-4,7,14,23H,5-6,8,10H2,1-2H3/t14-,17?,18+,19-,30+/m0/s1. The van der Waals surface area contributed by atoms with E-state index in [-0.39, 0.29) is 38.1 Å². The van der Waals surface area contributed by atoms with Crippen LogP contribution in [0.25, 0.3) is 0 Å². The highest BCUT2D eigenvalue weighted by atomic mass is 33.1. The van der Waals surface area contributed by atoms with E-state index in [4.69, 9.17) is 20.7 Å². The molecule has 0 aliphatic carbocycles. The Kier molecular flexibility index (Phi) is 4.16. The summed E-state index contributed by atoms with van der Waals surface area (Å²) in [7, 11) is 1.89. The zero-order valence-electron chi connectivity index (χ0n) is 16.3. The van der Waals surface area contributed by atoms with Crippen LogP contribution in [0.3, 0.4) is 0 Å². The predicted octanol–water partition coefficient (Wildman–Crippen LogP) is 0.557. The highest BCUT2D eigenvalue weighted by Gasteiger charge is 2.81. The van der Waals surface area contributed by atoms with Gasteiger partial charge in [-0.05, 0) is 60.6 Å². The van der Waals surface area contributed by atoms with Crippen molar-refractivity contribution < 1.29 is 24.2 Å². The Morgan fingerprint density at radius 3 is 2.77 bits per heavy atom. The van der Waals surface area contributed by atoms with E-state index in [0.29, 0.717) is 17.1 Å². The summed E-state index contributed by atoms with van der Waals surface area (Å²) in [6.07, 6.45) is 0.286. The number of hydrogen-bond acceptors (Lipinski definition) is 7. The van der Waals surface area contributed by atoms with Crippen molar-refractivity contribution in [2.75, 3.05) is 20.4 Å². The molecule has 0 aromatic heterocycles. The van der Waals surface area contributed by atoms with Gasteiger partial charge in [0.2, 0.25) is 6.79 Å².